The van der Waals surface area contributed by atoms with E-state index in [0.717, 1.165) is 41.8 Å². The van der Waals surface area contributed by atoms with Crippen LogP contribution in [0.1, 0.15) is 16.0 Å². The van der Waals surface area contributed by atoms with Crippen LogP contribution in [0.25, 0.3) is 26.9 Å². The van der Waals surface area contributed by atoms with Crippen LogP contribution in [0.5, 0.6) is 0 Å². The predicted molar refractivity (Wildman–Crippen MR) is 139 cm³/mol. The number of hydrogen-bond donors (Lipinski definition) is 1. The molecule has 2 aromatic heterocycles. The molecule has 0 bridgehead atoms. The number of anilines is 1. The van der Waals surface area contributed by atoms with E-state index in [9.17, 15) is 9.59 Å². The molecule has 172 valence electrons. The third kappa shape index (κ3) is 4.44. The largest absolute Gasteiger partial charge is 0.453 e. The number of carbonyl (C=O) groups is 2. The predicted octanol–water partition coefficient (Wildman–Crippen LogP) is 6.45. The smallest absolute Gasteiger partial charge is 0.409 e. The molecule has 0 atom stereocenters. The first-order chi connectivity index (χ1) is 16.5. The molecule has 0 fully saturated rings. The quantitative estimate of drug-likeness (QED) is 0.321. The summed E-state index contributed by atoms with van der Waals surface area (Å²) >= 11 is 9.27. The highest BCUT2D eigenvalue weighted by molar-refractivity contribution is 7.23. The minimum atomic E-state index is -0.353. The van der Waals surface area contributed by atoms with Gasteiger partial charge in [-0.3, -0.25) is 4.79 Å². The number of thiophene rings is 1. The second-order valence-corrected chi connectivity index (χ2v) is 10.2. The number of hydrogen-bond acceptors (Lipinski definition) is 6. The van der Waals surface area contributed by atoms with Crippen molar-refractivity contribution in [3.05, 3.63) is 75.6 Å². The lowest BCUT2D eigenvalue weighted by Gasteiger charge is -2.25. The van der Waals surface area contributed by atoms with Crippen LogP contribution in [0.4, 0.5) is 9.80 Å². The van der Waals surface area contributed by atoms with E-state index in [0.29, 0.717) is 24.5 Å². The summed E-state index contributed by atoms with van der Waals surface area (Å²) in [4.78, 5) is 32.5. The van der Waals surface area contributed by atoms with E-state index in [1.807, 2.05) is 42.5 Å². The maximum atomic E-state index is 12.8. The van der Waals surface area contributed by atoms with E-state index in [1.165, 1.54) is 24.5 Å². The normalized spacial score (nSPS) is 13.3. The van der Waals surface area contributed by atoms with Crippen molar-refractivity contribution in [2.24, 2.45) is 0 Å². The number of nitrogens with one attached hydrogen (secondary N) is 1. The number of methoxy groups -OCH3 is 1. The molecule has 3 heterocycles. The molecule has 0 saturated carbocycles. The fourth-order valence-corrected chi connectivity index (χ4v) is 6.49. The zero-order valence-electron chi connectivity index (χ0n) is 18.2. The fourth-order valence-electron chi connectivity index (χ4n) is 3.91. The van der Waals surface area contributed by atoms with Crippen LogP contribution in [0.15, 0.2) is 54.6 Å². The molecular weight excluding hydrogens is 490 g/mol. The fraction of sp³-hybridized carbons (Fsp3) is 0.160. The van der Waals surface area contributed by atoms with Gasteiger partial charge in [-0.15, -0.1) is 22.7 Å². The minimum absolute atomic E-state index is 0.259. The van der Waals surface area contributed by atoms with Gasteiger partial charge < -0.3 is 15.0 Å². The van der Waals surface area contributed by atoms with Crippen molar-refractivity contribution >= 4 is 67.6 Å². The SMILES string of the molecule is COC(=O)N1CCc2c(sc(NC(=O)/C=C/c3ccccc3Cl)c2-c2nc3ccccc3s2)C1. The summed E-state index contributed by atoms with van der Waals surface area (Å²) in [6, 6.07) is 15.3. The highest BCUT2D eigenvalue weighted by Gasteiger charge is 2.29. The first kappa shape index (κ1) is 22.6. The lowest BCUT2D eigenvalue weighted by molar-refractivity contribution is -0.111. The Kier molecular flexibility index (Phi) is 6.36. The topological polar surface area (TPSA) is 71.5 Å². The highest BCUT2D eigenvalue weighted by Crippen LogP contribution is 2.45. The van der Waals surface area contributed by atoms with Gasteiger partial charge in [-0.05, 0) is 41.8 Å². The summed E-state index contributed by atoms with van der Waals surface area (Å²) in [6.45, 7) is 0.990. The van der Waals surface area contributed by atoms with Crippen molar-refractivity contribution < 1.29 is 14.3 Å². The molecule has 2 amide bonds. The van der Waals surface area contributed by atoms with E-state index >= 15 is 0 Å². The number of carbonyl (C=O) groups excluding carboxylic acids is 2. The van der Waals surface area contributed by atoms with Crippen LogP contribution in [0.2, 0.25) is 5.02 Å². The molecule has 6 nitrogen and oxygen atoms in total. The van der Waals surface area contributed by atoms with Crippen LogP contribution in [0, 0.1) is 0 Å². The van der Waals surface area contributed by atoms with Crippen LogP contribution < -0.4 is 5.32 Å². The summed E-state index contributed by atoms with van der Waals surface area (Å²) in [5, 5.41) is 5.20. The standard InChI is InChI=1S/C25H20ClN3O3S2/c1-32-25(31)29-13-12-16-20(14-29)34-24(22(16)23-27-18-8-4-5-9-19(18)33-23)28-21(30)11-10-15-6-2-3-7-17(15)26/h2-11H,12-14H2,1H3,(H,28,30)/b11-10+. The average molecular weight is 510 g/mol. The molecule has 1 aliphatic rings. The summed E-state index contributed by atoms with van der Waals surface area (Å²) in [5.41, 5.74) is 3.75. The van der Waals surface area contributed by atoms with Gasteiger partial charge in [0, 0.05) is 28.1 Å². The third-order valence-corrected chi connectivity index (χ3v) is 8.08. The Bertz CT molecular complexity index is 1390. The van der Waals surface area contributed by atoms with Crippen molar-refractivity contribution in [1.82, 2.24) is 9.88 Å². The third-order valence-electron chi connectivity index (χ3n) is 5.55. The van der Waals surface area contributed by atoms with Gasteiger partial charge in [0.2, 0.25) is 5.91 Å². The molecule has 5 rings (SSSR count). The van der Waals surface area contributed by atoms with Crippen molar-refractivity contribution in [2.75, 3.05) is 19.0 Å². The molecular formula is C25H20ClN3O3S2. The number of para-hydroxylation sites is 1. The molecule has 0 spiro atoms. The van der Waals surface area contributed by atoms with Crippen molar-refractivity contribution in [1.29, 1.82) is 0 Å². The van der Waals surface area contributed by atoms with Crippen molar-refractivity contribution in [3.8, 4) is 10.6 Å². The number of thiazole rings is 1. The Morgan fingerprint density at radius 1 is 1.15 bits per heavy atom. The first-order valence-electron chi connectivity index (χ1n) is 10.6. The highest BCUT2D eigenvalue weighted by atomic mass is 35.5. The number of aromatic nitrogens is 1. The van der Waals surface area contributed by atoms with Crippen molar-refractivity contribution in [3.63, 3.8) is 0 Å². The van der Waals surface area contributed by atoms with Gasteiger partial charge in [0.15, 0.2) is 0 Å². The number of benzene rings is 2. The molecule has 2 aromatic carbocycles. The second-order valence-electron chi connectivity index (χ2n) is 7.68. The molecule has 1 aliphatic heterocycles. The lowest BCUT2D eigenvalue weighted by atomic mass is 10.0. The maximum Gasteiger partial charge on any atom is 0.409 e. The molecule has 34 heavy (non-hydrogen) atoms. The first-order valence-corrected chi connectivity index (χ1v) is 12.6. The molecule has 1 N–H and O–H groups in total. The van der Waals surface area contributed by atoms with Gasteiger partial charge in [-0.1, -0.05) is 41.9 Å². The minimum Gasteiger partial charge on any atom is -0.453 e. The Balaban J connectivity index is 1.50. The van der Waals surface area contributed by atoms with Gasteiger partial charge in [0.25, 0.3) is 0 Å². The van der Waals surface area contributed by atoms with Gasteiger partial charge in [-0.25, -0.2) is 9.78 Å². The Labute approximate surface area is 209 Å². The zero-order chi connectivity index (χ0) is 23.7. The summed E-state index contributed by atoms with van der Waals surface area (Å²) in [6.07, 6.45) is 3.48. The summed E-state index contributed by atoms with van der Waals surface area (Å²) in [7, 11) is 1.38. The van der Waals surface area contributed by atoms with Crippen molar-refractivity contribution in [2.45, 2.75) is 13.0 Å². The summed E-state index contributed by atoms with van der Waals surface area (Å²) in [5.74, 6) is -0.259. The molecule has 0 aliphatic carbocycles. The molecule has 9 heteroatoms. The number of halogens is 1. The Hall–Kier alpha value is -3.20. The van der Waals surface area contributed by atoms with Gasteiger partial charge >= 0.3 is 6.09 Å². The average Bonchev–Trinajstić information content (AvgIpc) is 3.43. The summed E-state index contributed by atoms with van der Waals surface area (Å²) < 4.78 is 5.99. The maximum absolute atomic E-state index is 12.8. The number of fused-ring (bicyclic) bond motifs is 2. The lowest BCUT2D eigenvalue weighted by Crippen LogP contribution is -2.35. The Morgan fingerprint density at radius 3 is 2.74 bits per heavy atom. The zero-order valence-corrected chi connectivity index (χ0v) is 20.6. The number of amides is 2. The van der Waals surface area contributed by atoms with Crippen LogP contribution in [-0.4, -0.2) is 35.5 Å². The molecule has 0 saturated heterocycles. The van der Waals surface area contributed by atoms with Gasteiger partial charge in [0.1, 0.15) is 10.0 Å². The second kappa shape index (κ2) is 9.58. The number of rotatable bonds is 4. The van der Waals surface area contributed by atoms with Crippen LogP contribution >= 0.6 is 34.3 Å². The van der Waals surface area contributed by atoms with E-state index in [2.05, 4.69) is 5.32 Å². The van der Waals surface area contributed by atoms with E-state index < -0.39 is 0 Å². The monoisotopic (exact) mass is 509 g/mol. The molecule has 0 radical (unpaired) electrons. The van der Waals surface area contributed by atoms with Crippen LogP contribution in [0.3, 0.4) is 0 Å². The molecule has 4 aromatic rings. The molecule has 0 unspecified atom stereocenters. The Morgan fingerprint density at radius 2 is 1.94 bits per heavy atom. The van der Waals surface area contributed by atoms with E-state index in [-0.39, 0.29) is 12.0 Å². The van der Waals surface area contributed by atoms with Crippen LogP contribution in [-0.2, 0) is 22.5 Å². The number of nitrogens with zero attached hydrogens (tertiary/aromatic N) is 2. The van der Waals surface area contributed by atoms with Gasteiger partial charge in [-0.2, -0.15) is 0 Å². The van der Waals surface area contributed by atoms with E-state index in [1.54, 1.807) is 28.4 Å². The van der Waals surface area contributed by atoms with Gasteiger partial charge in [0.05, 0.1) is 23.9 Å². The number of ether oxygens (including phenoxy) is 1. The van der Waals surface area contributed by atoms with E-state index in [4.69, 9.17) is 21.3 Å².